The van der Waals surface area contributed by atoms with Gasteiger partial charge in [0.25, 0.3) is 0 Å². The van der Waals surface area contributed by atoms with Crippen LogP contribution in [0, 0.1) is 0 Å². The number of nitrogens with two attached hydrogens (primary N) is 1. The SMILES string of the molecule is NCCN1C=C(C(=O)O)CC1=O. The number of aliphatic carboxylic acids is 1. The fourth-order valence-corrected chi connectivity index (χ4v) is 1.03. The van der Waals surface area contributed by atoms with Crippen molar-refractivity contribution in [2.24, 2.45) is 5.73 Å². The molecular weight excluding hydrogens is 160 g/mol. The summed E-state index contributed by atoms with van der Waals surface area (Å²) in [5.74, 6) is -1.24. The minimum absolute atomic E-state index is 0.0185. The largest absolute Gasteiger partial charge is 0.478 e. The predicted octanol–water partition coefficient (Wildman–Crippen LogP) is -0.854. The standard InChI is InChI=1S/C7H10N2O3/c8-1-2-9-4-5(7(11)12)3-6(9)10/h4H,1-3,8H2,(H,11,12). The third-order valence-corrected chi connectivity index (χ3v) is 1.62. The highest BCUT2D eigenvalue weighted by molar-refractivity contribution is 5.97. The molecule has 3 N–H and O–H groups in total. The molecule has 1 aliphatic rings. The highest BCUT2D eigenvalue weighted by Gasteiger charge is 2.24. The molecule has 1 aliphatic heterocycles. The van der Waals surface area contributed by atoms with Gasteiger partial charge in [-0.05, 0) is 0 Å². The topological polar surface area (TPSA) is 83.6 Å². The molecule has 0 atom stereocenters. The fraction of sp³-hybridized carbons (Fsp3) is 0.429. The zero-order chi connectivity index (χ0) is 9.14. The van der Waals surface area contributed by atoms with Crippen LogP contribution in [0.5, 0.6) is 0 Å². The van der Waals surface area contributed by atoms with Gasteiger partial charge in [0, 0.05) is 19.3 Å². The zero-order valence-corrected chi connectivity index (χ0v) is 6.49. The van der Waals surface area contributed by atoms with Crippen molar-refractivity contribution in [2.75, 3.05) is 13.1 Å². The van der Waals surface area contributed by atoms with Gasteiger partial charge in [-0.25, -0.2) is 4.79 Å². The summed E-state index contributed by atoms with van der Waals surface area (Å²) in [5.41, 5.74) is 5.35. The lowest BCUT2D eigenvalue weighted by molar-refractivity contribution is -0.134. The van der Waals surface area contributed by atoms with E-state index in [4.69, 9.17) is 10.8 Å². The van der Waals surface area contributed by atoms with Crippen LogP contribution in [-0.2, 0) is 9.59 Å². The number of hydrogen-bond acceptors (Lipinski definition) is 3. The first kappa shape index (κ1) is 8.73. The molecule has 0 spiro atoms. The maximum Gasteiger partial charge on any atom is 0.333 e. The Hall–Kier alpha value is -1.36. The first-order valence-corrected chi connectivity index (χ1v) is 3.58. The molecule has 1 heterocycles. The minimum atomic E-state index is -1.04. The molecule has 0 saturated heterocycles. The van der Waals surface area contributed by atoms with Crippen LogP contribution < -0.4 is 5.73 Å². The van der Waals surface area contributed by atoms with Crippen LogP contribution in [0.1, 0.15) is 6.42 Å². The number of hydrogen-bond donors (Lipinski definition) is 2. The highest BCUT2D eigenvalue weighted by Crippen LogP contribution is 2.14. The molecule has 0 aromatic heterocycles. The lowest BCUT2D eigenvalue weighted by Crippen LogP contribution is -2.27. The van der Waals surface area contributed by atoms with Crippen molar-refractivity contribution in [3.63, 3.8) is 0 Å². The molecule has 0 unspecified atom stereocenters. The summed E-state index contributed by atoms with van der Waals surface area (Å²) in [6.45, 7) is 0.727. The van der Waals surface area contributed by atoms with E-state index < -0.39 is 5.97 Å². The molecule has 66 valence electrons. The van der Waals surface area contributed by atoms with Gasteiger partial charge in [0.2, 0.25) is 5.91 Å². The smallest absolute Gasteiger partial charge is 0.333 e. The molecule has 0 bridgehead atoms. The van der Waals surface area contributed by atoms with Crippen molar-refractivity contribution < 1.29 is 14.7 Å². The van der Waals surface area contributed by atoms with Crippen molar-refractivity contribution >= 4 is 11.9 Å². The third kappa shape index (κ3) is 1.62. The normalized spacial score (nSPS) is 16.6. The third-order valence-electron chi connectivity index (χ3n) is 1.62. The van der Waals surface area contributed by atoms with E-state index in [-0.39, 0.29) is 17.9 Å². The quantitative estimate of drug-likeness (QED) is 0.577. The van der Waals surface area contributed by atoms with Crippen molar-refractivity contribution in [3.8, 4) is 0 Å². The minimum Gasteiger partial charge on any atom is -0.478 e. The van der Waals surface area contributed by atoms with Gasteiger partial charge < -0.3 is 15.7 Å². The monoisotopic (exact) mass is 170 g/mol. The Balaban J connectivity index is 2.66. The molecule has 5 heteroatoms. The molecule has 1 amide bonds. The molecule has 0 aliphatic carbocycles. The van der Waals surface area contributed by atoms with E-state index in [0.717, 1.165) is 0 Å². The lowest BCUT2D eigenvalue weighted by Gasteiger charge is -2.09. The summed E-state index contributed by atoms with van der Waals surface area (Å²) in [6, 6.07) is 0. The Morgan fingerprint density at radius 2 is 2.42 bits per heavy atom. The average Bonchev–Trinajstić information content (AvgIpc) is 2.34. The summed E-state index contributed by atoms with van der Waals surface area (Å²) in [5, 5.41) is 8.54. The highest BCUT2D eigenvalue weighted by atomic mass is 16.4. The van der Waals surface area contributed by atoms with E-state index in [0.29, 0.717) is 13.1 Å². The Morgan fingerprint density at radius 1 is 1.75 bits per heavy atom. The second-order valence-electron chi connectivity index (χ2n) is 2.51. The number of amides is 1. The summed E-state index contributed by atoms with van der Waals surface area (Å²) < 4.78 is 0. The first-order chi connectivity index (χ1) is 5.65. The predicted molar refractivity (Wildman–Crippen MR) is 41.1 cm³/mol. The maximum atomic E-state index is 11.0. The molecule has 1 rings (SSSR count). The van der Waals surface area contributed by atoms with E-state index in [1.54, 1.807) is 0 Å². The van der Waals surface area contributed by atoms with Crippen molar-refractivity contribution in [2.45, 2.75) is 6.42 Å². The van der Waals surface area contributed by atoms with Crippen LogP contribution in [0.4, 0.5) is 0 Å². The molecule has 0 fully saturated rings. The summed E-state index contributed by atoms with van der Waals surface area (Å²) in [7, 11) is 0. The van der Waals surface area contributed by atoms with Crippen molar-refractivity contribution in [1.82, 2.24) is 4.90 Å². The van der Waals surface area contributed by atoms with Crippen LogP contribution in [0.15, 0.2) is 11.8 Å². The fourth-order valence-electron chi connectivity index (χ4n) is 1.03. The zero-order valence-electron chi connectivity index (χ0n) is 6.49. The number of carbonyl (C=O) groups excluding carboxylic acids is 1. The van der Waals surface area contributed by atoms with E-state index >= 15 is 0 Å². The molecule has 0 aromatic rings. The van der Waals surface area contributed by atoms with Gasteiger partial charge in [0.15, 0.2) is 0 Å². The maximum absolute atomic E-state index is 11.0. The molecular formula is C7H10N2O3. The lowest BCUT2D eigenvalue weighted by atomic mass is 10.2. The van der Waals surface area contributed by atoms with Gasteiger partial charge in [0.05, 0.1) is 12.0 Å². The van der Waals surface area contributed by atoms with Crippen LogP contribution in [0.25, 0.3) is 0 Å². The second-order valence-corrected chi connectivity index (χ2v) is 2.51. The Bertz CT molecular complexity index is 247. The van der Waals surface area contributed by atoms with Crippen LogP contribution in [0.3, 0.4) is 0 Å². The Labute approximate surface area is 69.5 Å². The van der Waals surface area contributed by atoms with E-state index in [9.17, 15) is 9.59 Å². The molecule has 5 nitrogen and oxygen atoms in total. The molecule has 0 aromatic carbocycles. The van der Waals surface area contributed by atoms with Gasteiger partial charge in [-0.3, -0.25) is 4.79 Å². The van der Waals surface area contributed by atoms with E-state index in [1.165, 1.54) is 11.1 Å². The summed E-state index contributed by atoms with van der Waals surface area (Å²) in [6.07, 6.45) is 1.33. The molecule has 12 heavy (non-hydrogen) atoms. The first-order valence-electron chi connectivity index (χ1n) is 3.58. The van der Waals surface area contributed by atoms with Gasteiger partial charge in [-0.1, -0.05) is 0 Å². The number of nitrogens with zero attached hydrogens (tertiary/aromatic N) is 1. The Kier molecular flexibility index (Phi) is 2.44. The van der Waals surface area contributed by atoms with Gasteiger partial charge in [0.1, 0.15) is 0 Å². The van der Waals surface area contributed by atoms with Crippen molar-refractivity contribution in [1.29, 1.82) is 0 Å². The summed E-state index contributed by atoms with van der Waals surface area (Å²) >= 11 is 0. The molecule has 0 radical (unpaired) electrons. The number of carboxylic acids is 1. The van der Waals surface area contributed by atoms with Gasteiger partial charge >= 0.3 is 5.97 Å². The Morgan fingerprint density at radius 3 is 2.83 bits per heavy atom. The van der Waals surface area contributed by atoms with E-state index in [1.807, 2.05) is 0 Å². The van der Waals surface area contributed by atoms with Crippen LogP contribution in [-0.4, -0.2) is 35.0 Å². The number of carboxylic acid groups (broad SMARTS) is 1. The van der Waals surface area contributed by atoms with Gasteiger partial charge in [-0.2, -0.15) is 0 Å². The van der Waals surface area contributed by atoms with Crippen LogP contribution >= 0.6 is 0 Å². The molecule has 0 saturated carbocycles. The van der Waals surface area contributed by atoms with Crippen molar-refractivity contribution in [3.05, 3.63) is 11.8 Å². The van der Waals surface area contributed by atoms with Gasteiger partial charge in [-0.15, -0.1) is 0 Å². The average molecular weight is 170 g/mol. The second kappa shape index (κ2) is 3.36. The van der Waals surface area contributed by atoms with E-state index in [2.05, 4.69) is 0 Å². The number of rotatable bonds is 3. The number of carbonyl (C=O) groups is 2. The summed E-state index contributed by atoms with van der Waals surface area (Å²) in [4.78, 5) is 22.8. The van der Waals surface area contributed by atoms with Crippen LogP contribution in [0.2, 0.25) is 0 Å².